The lowest BCUT2D eigenvalue weighted by Gasteiger charge is -2.27. The van der Waals surface area contributed by atoms with Gasteiger partial charge in [0.1, 0.15) is 12.0 Å². The van der Waals surface area contributed by atoms with Crippen molar-refractivity contribution in [3.8, 4) is 5.82 Å². The van der Waals surface area contributed by atoms with E-state index in [9.17, 15) is 13.6 Å². The molecule has 0 radical (unpaired) electrons. The number of alkyl halides is 2. The Kier molecular flexibility index (Phi) is 3.82. The van der Waals surface area contributed by atoms with Crippen LogP contribution in [-0.2, 0) is 4.79 Å². The van der Waals surface area contributed by atoms with Gasteiger partial charge in [-0.05, 0) is 18.9 Å². The Morgan fingerprint density at radius 3 is 2.82 bits per heavy atom. The second kappa shape index (κ2) is 5.78. The van der Waals surface area contributed by atoms with Crippen LogP contribution in [0.3, 0.4) is 0 Å². The van der Waals surface area contributed by atoms with Crippen LogP contribution >= 0.6 is 0 Å². The molecule has 116 valence electrons. The number of rotatable bonds is 3. The van der Waals surface area contributed by atoms with Gasteiger partial charge in [0.15, 0.2) is 5.82 Å². The molecule has 2 heterocycles. The molecule has 1 fully saturated rings. The standard InChI is InChI=1S/C14H15F2N5O/c15-14(16)4-2-10(3-5-14)13(22)20-11-8-17-9-18-12(11)21-7-1-6-19-21/h1,6-10H,2-5H2,(H,20,22). The second-order valence-electron chi connectivity index (χ2n) is 5.33. The van der Waals surface area contributed by atoms with E-state index in [0.717, 1.165) is 0 Å². The first-order valence-electron chi connectivity index (χ1n) is 7.04. The van der Waals surface area contributed by atoms with Crippen molar-refractivity contribution in [3.63, 3.8) is 0 Å². The van der Waals surface area contributed by atoms with Gasteiger partial charge in [0.2, 0.25) is 11.8 Å². The average Bonchev–Trinajstić information content (AvgIpc) is 3.01. The highest BCUT2D eigenvalue weighted by Crippen LogP contribution is 2.36. The lowest BCUT2D eigenvalue weighted by molar-refractivity contribution is -0.124. The largest absolute Gasteiger partial charge is 0.321 e. The third kappa shape index (κ3) is 3.10. The van der Waals surface area contributed by atoms with E-state index in [1.54, 1.807) is 18.5 Å². The number of carbonyl (C=O) groups excluding carboxylic acids is 1. The summed E-state index contributed by atoms with van der Waals surface area (Å²) in [5.41, 5.74) is 0.411. The summed E-state index contributed by atoms with van der Waals surface area (Å²) in [6.45, 7) is 0. The van der Waals surface area contributed by atoms with Crippen molar-refractivity contribution in [2.24, 2.45) is 5.92 Å². The number of hydrogen-bond acceptors (Lipinski definition) is 4. The highest BCUT2D eigenvalue weighted by Gasteiger charge is 2.37. The molecule has 0 saturated heterocycles. The van der Waals surface area contributed by atoms with E-state index >= 15 is 0 Å². The molecule has 0 atom stereocenters. The Morgan fingerprint density at radius 1 is 1.36 bits per heavy atom. The Morgan fingerprint density at radius 2 is 2.14 bits per heavy atom. The lowest BCUT2D eigenvalue weighted by Crippen LogP contribution is -2.32. The van der Waals surface area contributed by atoms with Crippen molar-refractivity contribution in [2.45, 2.75) is 31.6 Å². The third-order valence-corrected chi connectivity index (χ3v) is 3.76. The molecular formula is C14H15F2N5O. The molecule has 22 heavy (non-hydrogen) atoms. The molecule has 0 bridgehead atoms. The van der Waals surface area contributed by atoms with Gasteiger partial charge in [0, 0.05) is 31.2 Å². The molecule has 8 heteroatoms. The van der Waals surface area contributed by atoms with Crippen LogP contribution in [-0.4, -0.2) is 31.6 Å². The molecule has 0 aromatic carbocycles. The SMILES string of the molecule is O=C(Nc1cncnc1-n1cccn1)C1CCC(F)(F)CC1. The van der Waals surface area contributed by atoms with Gasteiger partial charge in [0.05, 0.1) is 6.20 Å². The zero-order valence-electron chi connectivity index (χ0n) is 11.7. The fraction of sp³-hybridized carbons (Fsp3) is 0.429. The number of anilines is 1. The van der Waals surface area contributed by atoms with Crippen LogP contribution in [0.2, 0.25) is 0 Å². The molecule has 1 aliphatic rings. The molecule has 2 aromatic rings. The number of hydrogen-bond donors (Lipinski definition) is 1. The first-order chi connectivity index (χ1) is 10.6. The number of aromatic nitrogens is 4. The molecule has 0 spiro atoms. The summed E-state index contributed by atoms with van der Waals surface area (Å²) in [6.07, 6.45) is 5.99. The molecule has 0 aliphatic heterocycles. The van der Waals surface area contributed by atoms with Gasteiger partial charge < -0.3 is 5.32 Å². The van der Waals surface area contributed by atoms with Gasteiger partial charge in [-0.15, -0.1) is 0 Å². The quantitative estimate of drug-likeness (QED) is 0.945. The number of halogens is 2. The van der Waals surface area contributed by atoms with Crippen LogP contribution in [0.15, 0.2) is 31.0 Å². The van der Waals surface area contributed by atoms with Crippen LogP contribution in [0.5, 0.6) is 0 Å². The van der Waals surface area contributed by atoms with Crippen molar-refractivity contribution in [2.75, 3.05) is 5.32 Å². The molecule has 1 N–H and O–H groups in total. The van der Waals surface area contributed by atoms with Crippen molar-refractivity contribution >= 4 is 11.6 Å². The normalized spacial score (nSPS) is 18.1. The topological polar surface area (TPSA) is 72.7 Å². The van der Waals surface area contributed by atoms with Gasteiger partial charge in [-0.2, -0.15) is 5.10 Å². The summed E-state index contributed by atoms with van der Waals surface area (Å²) in [7, 11) is 0. The van der Waals surface area contributed by atoms with Crippen LogP contribution in [0.25, 0.3) is 5.82 Å². The number of nitrogens with one attached hydrogen (secondary N) is 1. The van der Waals surface area contributed by atoms with E-state index < -0.39 is 11.8 Å². The minimum absolute atomic E-state index is 0.184. The van der Waals surface area contributed by atoms with Crippen molar-refractivity contribution < 1.29 is 13.6 Å². The van der Waals surface area contributed by atoms with Gasteiger partial charge in [-0.25, -0.2) is 23.4 Å². The van der Waals surface area contributed by atoms with Crippen molar-refractivity contribution in [1.29, 1.82) is 0 Å². The Balaban J connectivity index is 1.73. The highest BCUT2D eigenvalue weighted by molar-refractivity contribution is 5.93. The Bertz CT molecular complexity index is 649. The van der Waals surface area contributed by atoms with Gasteiger partial charge in [0.25, 0.3) is 0 Å². The van der Waals surface area contributed by atoms with Crippen LogP contribution in [0.4, 0.5) is 14.5 Å². The molecular weight excluding hydrogens is 292 g/mol. The van der Waals surface area contributed by atoms with E-state index in [1.807, 2.05) is 0 Å². The van der Waals surface area contributed by atoms with Crippen molar-refractivity contribution in [1.82, 2.24) is 19.7 Å². The number of carbonyl (C=O) groups is 1. The molecule has 1 aliphatic carbocycles. The summed E-state index contributed by atoms with van der Waals surface area (Å²) in [5.74, 6) is -2.90. The van der Waals surface area contributed by atoms with Gasteiger partial charge in [-0.3, -0.25) is 4.79 Å². The smallest absolute Gasteiger partial charge is 0.248 e. The molecule has 2 aromatic heterocycles. The maximum atomic E-state index is 13.2. The zero-order chi connectivity index (χ0) is 15.6. The third-order valence-electron chi connectivity index (χ3n) is 3.76. The van der Waals surface area contributed by atoms with Gasteiger partial charge in [-0.1, -0.05) is 0 Å². The predicted octanol–water partition coefficient (Wildman–Crippen LogP) is 2.43. The minimum Gasteiger partial charge on any atom is -0.321 e. The van der Waals surface area contributed by atoms with Gasteiger partial charge >= 0.3 is 0 Å². The molecule has 0 unspecified atom stereocenters. The summed E-state index contributed by atoms with van der Waals surface area (Å²) in [5, 5.41) is 6.79. The minimum atomic E-state index is -2.65. The monoisotopic (exact) mass is 307 g/mol. The Hall–Kier alpha value is -2.38. The van der Waals surface area contributed by atoms with Crippen LogP contribution in [0, 0.1) is 5.92 Å². The summed E-state index contributed by atoms with van der Waals surface area (Å²) < 4.78 is 27.8. The van der Waals surface area contributed by atoms with E-state index in [-0.39, 0.29) is 31.6 Å². The first-order valence-corrected chi connectivity index (χ1v) is 7.04. The molecule has 1 saturated carbocycles. The highest BCUT2D eigenvalue weighted by atomic mass is 19.3. The molecule has 3 rings (SSSR count). The van der Waals surface area contributed by atoms with Crippen LogP contribution in [0.1, 0.15) is 25.7 Å². The van der Waals surface area contributed by atoms with E-state index in [2.05, 4.69) is 20.4 Å². The number of nitrogens with zero attached hydrogens (tertiary/aromatic N) is 4. The van der Waals surface area contributed by atoms with E-state index in [0.29, 0.717) is 11.5 Å². The summed E-state index contributed by atoms with van der Waals surface area (Å²) in [6, 6.07) is 1.73. The van der Waals surface area contributed by atoms with Crippen LogP contribution < -0.4 is 5.32 Å². The maximum absolute atomic E-state index is 13.2. The zero-order valence-corrected chi connectivity index (χ0v) is 11.7. The fourth-order valence-electron chi connectivity index (χ4n) is 2.53. The Labute approximate surface area is 125 Å². The second-order valence-corrected chi connectivity index (χ2v) is 5.33. The van der Waals surface area contributed by atoms with E-state index in [4.69, 9.17) is 0 Å². The maximum Gasteiger partial charge on any atom is 0.248 e. The number of amides is 1. The van der Waals surface area contributed by atoms with Crippen molar-refractivity contribution in [3.05, 3.63) is 31.0 Å². The summed E-state index contributed by atoms with van der Waals surface area (Å²) >= 11 is 0. The van der Waals surface area contributed by atoms with E-state index in [1.165, 1.54) is 17.2 Å². The molecule has 6 nitrogen and oxygen atoms in total. The fourth-order valence-corrected chi connectivity index (χ4v) is 2.53. The lowest BCUT2D eigenvalue weighted by atomic mass is 9.86. The summed E-state index contributed by atoms with van der Waals surface area (Å²) in [4.78, 5) is 20.2. The average molecular weight is 307 g/mol. The predicted molar refractivity (Wildman–Crippen MR) is 74.7 cm³/mol. The molecule has 1 amide bonds. The first kappa shape index (κ1) is 14.6.